The first-order chi connectivity index (χ1) is 22.2. The second-order valence-corrected chi connectivity index (χ2v) is 12.4. The Balaban J connectivity index is 1.38. The highest BCUT2D eigenvalue weighted by atomic mass is 79.9. The fourth-order valence-corrected chi connectivity index (χ4v) is 6.05. The lowest BCUT2D eigenvalue weighted by atomic mass is 10.1. The second-order valence-electron chi connectivity index (χ2n) is 9.94. The maximum Gasteiger partial charge on any atom is 0.272 e. The first kappa shape index (κ1) is 32.7. The third kappa shape index (κ3) is 8.94. The van der Waals surface area contributed by atoms with Gasteiger partial charge in [-0.15, -0.1) is 11.8 Å². The summed E-state index contributed by atoms with van der Waals surface area (Å²) in [6.45, 7) is 0. The predicted molar refractivity (Wildman–Crippen MR) is 186 cm³/mol. The molecule has 0 fully saturated rings. The molecule has 0 bridgehead atoms. The number of halogens is 3. The summed E-state index contributed by atoms with van der Waals surface area (Å²) in [5.74, 6) is -1.88. The van der Waals surface area contributed by atoms with Crippen molar-refractivity contribution in [2.24, 2.45) is 0 Å². The van der Waals surface area contributed by atoms with Gasteiger partial charge in [-0.05, 0) is 77.9 Å². The fraction of sp³-hybridized carbons (Fsp3) is 0.0278. The molecule has 230 valence electrons. The highest BCUT2D eigenvalue weighted by Crippen LogP contribution is 2.37. The second kappa shape index (κ2) is 15.5. The van der Waals surface area contributed by atoms with E-state index in [1.165, 1.54) is 30.0 Å². The summed E-state index contributed by atoms with van der Waals surface area (Å²) in [5, 5.41) is 7.64. The summed E-state index contributed by atoms with van der Waals surface area (Å²) in [7, 11) is 0. The molecule has 3 N–H and O–H groups in total. The lowest BCUT2D eigenvalue weighted by molar-refractivity contribution is -0.116. The van der Waals surface area contributed by atoms with E-state index < -0.39 is 22.9 Å². The van der Waals surface area contributed by atoms with Gasteiger partial charge in [-0.3, -0.25) is 14.4 Å². The number of anilines is 2. The number of hydrogen-bond acceptors (Lipinski definition) is 4. The summed E-state index contributed by atoms with van der Waals surface area (Å²) in [6, 6.07) is 36.2. The van der Waals surface area contributed by atoms with Crippen LogP contribution >= 0.6 is 39.3 Å². The summed E-state index contributed by atoms with van der Waals surface area (Å²) >= 11 is 10.6. The third-order valence-corrected chi connectivity index (χ3v) is 8.59. The van der Waals surface area contributed by atoms with Gasteiger partial charge in [-0.25, -0.2) is 4.39 Å². The number of benzene rings is 5. The molecule has 0 saturated heterocycles. The van der Waals surface area contributed by atoms with Crippen molar-refractivity contribution in [2.75, 3.05) is 10.6 Å². The smallest absolute Gasteiger partial charge is 0.272 e. The van der Waals surface area contributed by atoms with E-state index >= 15 is 0 Å². The zero-order valence-electron chi connectivity index (χ0n) is 24.0. The quantitative estimate of drug-likeness (QED) is 0.0995. The van der Waals surface area contributed by atoms with Crippen LogP contribution in [-0.2, 0) is 9.59 Å². The number of carbonyl (C=O) groups excluding carboxylic acids is 3. The maximum absolute atomic E-state index is 13.7. The molecule has 3 amide bonds. The Bertz CT molecular complexity index is 1910. The molecule has 46 heavy (non-hydrogen) atoms. The fourth-order valence-electron chi connectivity index (χ4n) is 4.37. The first-order valence-electron chi connectivity index (χ1n) is 14.0. The summed E-state index contributed by atoms with van der Waals surface area (Å²) in [6.07, 6.45) is 1.59. The minimum absolute atomic E-state index is 0.0458. The molecule has 1 unspecified atom stereocenters. The first-order valence-corrected chi connectivity index (χ1v) is 16.0. The molecule has 0 aliphatic heterocycles. The van der Waals surface area contributed by atoms with Crippen molar-refractivity contribution in [3.8, 4) is 0 Å². The van der Waals surface area contributed by atoms with Crippen molar-refractivity contribution in [1.82, 2.24) is 5.32 Å². The Kier molecular flexibility index (Phi) is 11.0. The SMILES string of the molecule is O=C(Nc1cccc(SC(C(=O)Nc2ccc(F)c(Cl)c2)c2ccccc2)c1)/C(=C\c1cccc(Br)c1)NC(=O)c1ccccc1. The van der Waals surface area contributed by atoms with Gasteiger partial charge >= 0.3 is 0 Å². The molecule has 1 atom stereocenters. The number of rotatable bonds is 10. The van der Waals surface area contributed by atoms with Gasteiger partial charge in [0.15, 0.2) is 0 Å². The van der Waals surface area contributed by atoms with Crippen LogP contribution in [-0.4, -0.2) is 17.7 Å². The third-order valence-electron chi connectivity index (χ3n) is 6.56. The van der Waals surface area contributed by atoms with E-state index in [2.05, 4.69) is 31.9 Å². The molecule has 5 aromatic rings. The van der Waals surface area contributed by atoms with Crippen LogP contribution in [0.5, 0.6) is 0 Å². The normalized spacial score (nSPS) is 11.8. The zero-order valence-corrected chi connectivity index (χ0v) is 27.2. The number of carbonyl (C=O) groups is 3. The number of nitrogens with one attached hydrogen (secondary N) is 3. The van der Waals surface area contributed by atoms with Crippen LogP contribution < -0.4 is 16.0 Å². The van der Waals surface area contributed by atoms with Crippen molar-refractivity contribution in [2.45, 2.75) is 10.1 Å². The number of thioether (sulfide) groups is 1. The molecule has 5 rings (SSSR count). The van der Waals surface area contributed by atoms with Crippen LogP contribution in [0.4, 0.5) is 15.8 Å². The van der Waals surface area contributed by atoms with Crippen LogP contribution in [0.25, 0.3) is 6.08 Å². The highest BCUT2D eigenvalue weighted by Gasteiger charge is 2.23. The van der Waals surface area contributed by atoms with Crippen LogP contribution in [0.15, 0.2) is 142 Å². The maximum atomic E-state index is 13.7. The molecule has 5 aromatic carbocycles. The summed E-state index contributed by atoms with van der Waals surface area (Å²) in [4.78, 5) is 40.8. The van der Waals surface area contributed by atoms with Gasteiger partial charge in [0.1, 0.15) is 16.8 Å². The Morgan fingerprint density at radius 1 is 0.761 bits per heavy atom. The monoisotopic (exact) mass is 713 g/mol. The molecule has 0 saturated carbocycles. The van der Waals surface area contributed by atoms with E-state index in [0.29, 0.717) is 27.4 Å². The number of hydrogen-bond donors (Lipinski definition) is 3. The average molecular weight is 715 g/mol. The van der Waals surface area contributed by atoms with Crippen LogP contribution in [0.3, 0.4) is 0 Å². The van der Waals surface area contributed by atoms with Gasteiger partial charge in [-0.1, -0.05) is 94.3 Å². The van der Waals surface area contributed by atoms with E-state index in [-0.39, 0.29) is 16.6 Å². The minimum atomic E-state index is -0.687. The van der Waals surface area contributed by atoms with Gasteiger partial charge in [-0.2, -0.15) is 0 Å². The van der Waals surface area contributed by atoms with E-state index in [4.69, 9.17) is 11.6 Å². The Hall–Kier alpha value is -4.70. The summed E-state index contributed by atoms with van der Waals surface area (Å²) < 4.78 is 14.5. The Morgan fingerprint density at radius 3 is 2.17 bits per heavy atom. The topological polar surface area (TPSA) is 87.3 Å². The molecule has 0 radical (unpaired) electrons. The molecule has 6 nitrogen and oxygen atoms in total. The average Bonchev–Trinajstić information content (AvgIpc) is 3.06. The van der Waals surface area contributed by atoms with Crippen molar-refractivity contribution >= 4 is 74.5 Å². The lowest BCUT2D eigenvalue weighted by Crippen LogP contribution is -2.30. The Labute approximate surface area is 283 Å². The van der Waals surface area contributed by atoms with Crippen LogP contribution in [0.1, 0.15) is 26.7 Å². The largest absolute Gasteiger partial charge is 0.325 e. The van der Waals surface area contributed by atoms with E-state index in [1.54, 1.807) is 54.6 Å². The molecular formula is C36H26BrClFN3O3S. The van der Waals surface area contributed by atoms with E-state index in [1.807, 2.05) is 60.7 Å². The lowest BCUT2D eigenvalue weighted by Gasteiger charge is -2.18. The number of amides is 3. The molecule has 0 heterocycles. The van der Waals surface area contributed by atoms with E-state index in [9.17, 15) is 18.8 Å². The highest BCUT2D eigenvalue weighted by molar-refractivity contribution is 9.10. The van der Waals surface area contributed by atoms with Crippen molar-refractivity contribution < 1.29 is 18.8 Å². The summed E-state index contributed by atoms with van der Waals surface area (Å²) in [5.41, 5.74) is 2.72. The van der Waals surface area contributed by atoms with Crippen molar-refractivity contribution in [3.05, 3.63) is 165 Å². The minimum Gasteiger partial charge on any atom is -0.325 e. The molecule has 0 aromatic heterocycles. The van der Waals surface area contributed by atoms with Crippen LogP contribution in [0.2, 0.25) is 5.02 Å². The molecule has 0 spiro atoms. The predicted octanol–water partition coefficient (Wildman–Crippen LogP) is 9.12. The van der Waals surface area contributed by atoms with Gasteiger partial charge < -0.3 is 16.0 Å². The Morgan fingerprint density at radius 2 is 1.46 bits per heavy atom. The molecule has 0 aliphatic carbocycles. The van der Waals surface area contributed by atoms with Crippen molar-refractivity contribution in [3.63, 3.8) is 0 Å². The van der Waals surface area contributed by atoms with Gasteiger partial charge in [0.2, 0.25) is 5.91 Å². The van der Waals surface area contributed by atoms with Crippen LogP contribution in [0, 0.1) is 5.82 Å². The molecule has 0 aliphatic rings. The van der Waals surface area contributed by atoms with Crippen molar-refractivity contribution in [1.29, 1.82) is 0 Å². The molecule has 10 heteroatoms. The van der Waals surface area contributed by atoms with Gasteiger partial charge in [0.05, 0.1) is 5.02 Å². The van der Waals surface area contributed by atoms with Gasteiger partial charge in [0.25, 0.3) is 11.8 Å². The standard InChI is InChI=1S/C36H26BrClFN3O3S/c37-26-14-7-9-23(19-26)20-32(42-34(43)25-12-5-2-6-13-25)35(44)40-27-15-8-16-29(21-27)46-33(24-10-3-1-4-11-24)36(45)41-28-17-18-31(39)30(38)22-28/h1-22,33H,(H,40,44)(H,41,45)(H,42,43)/b32-20+. The molecular weight excluding hydrogens is 689 g/mol. The zero-order chi connectivity index (χ0) is 32.5. The van der Waals surface area contributed by atoms with Gasteiger partial charge in [0, 0.05) is 26.3 Å². The van der Waals surface area contributed by atoms with E-state index in [0.717, 1.165) is 10.0 Å².